The lowest BCUT2D eigenvalue weighted by Crippen LogP contribution is -2.15. The molecular formula is C15H18N2OS. The van der Waals surface area contributed by atoms with E-state index in [0.717, 1.165) is 23.4 Å². The first-order chi connectivity index (χ1) is 9.15. The predicted molar refractivity (Wildman–Crippen MR) is 80.8 cm³/mol. The molecule has 0 bridgehead atoms. The third-order valence-electron chi connectivity index (χ3n) is 3.03. The number of hydrogen-bond acceptors (Lipinski definition) is 3. The van der Waals surface area contributed by atoms with Crippen LogP contribution in [0.25, 0.3) is 11.4 Å². The molecule has 2 aromatic rings. The monoisotopic (exact) mass is 274 g/mol. The Morgan fingerprint density at radius 1 is 1.21 bits per heavy atom. The number of H-pyrrole nitrogens is 1. The van der Waals surface area contributed by atoms with Gasteiger partial charge in [-0.2, -0.15) is 0 Å². The number of benzene rings is 1. The normalized spacial score (nSPS) is 10.7. The van der Waals surface area contributed by atoms with Crippen LogP contribution < -0.4 is 5.56 Å². The fourth-order valence-corrected chi connectivity index (χ4v) is 2.60. The van der Waals surface area contributed by atoms with Gasteiger partial charge in [0.15, 0.2) is 0 Å². The maximum atomic E-state index is 11.9. The van der Waals surface area contributed by atoms with Crippen molar-refractivity contribution in [2.75, 3.05) is 5.75 Å². The molecule has 0 aliphatic carbocycles. The Labute approximate surface area is 117 Å². The summed E-state index contributed by atoms with van der Waals surface area (Å²) < 4.78 is 0. The third kappa shape index (κ3) is 3.07. The van der Waals surface area contributed by atoms with E-state index < -0.39 is 0 Å². The van der Waals surface area contributed by atoms with Crippen LogP contribution in [0, 0.1) is 6.92 Å². The maximum Gasteiger partial charge on any atom is 0.254 e. The summed E-state index contributed by atoms with van der Waals surface area (Å²) in [6.45, 7) is 5.96. The number of aromatic nitrogens is 2. The minimum atomic E-state index is -0.0474. The van der Waals surface area contributed by atoms with Crippen molar-refractivity contribution in [2.45, 2.75) is 32.1 Å². The first kappa shape index (κ1) is 13.9. The minimum absolute atomic E-state index is 0.0474. The van der Waals surface area contributed by atoms with Crippen molar-refractivity contribution in [1.82, 2.24) is 9.97 Å². The topological polar surface area (TPSA) is 45.8 Å². The Hall–Kier alpha value is -1.55. The van der Waals surface area contributed by atoms with Crippen LogP contribution in [0.5, 0.6) is 0 Å². The van der Waals surface area contributed by atoms with Gasteiger partial charge in [0.1, 0.15) is 5.82 Å². The van der Waals surface area contributed by atoms with Crippen LogP contribution in [0.2, 0.25) is 0 Å². The Morgan fingerprint density at radius 3 is 2.47 bits per heavy atom. The van der Waals surface area contributed by atoms with E-state index in [-0.39, 0.29) is 5.56 Å². The standard InChI is InChI=1S/C15H18N2OS/c1-4-13-10(3)15(18)17-14(16-13)11-6-8-12(9-7-11)19-5-2/h6-9H,4-5H2,1-3H3,(H,16,17,18). The number of rotatable bonds is 4. The zero-order valence-corrected chi connectivity index (χ0v) is 12.3. The average Bonchev–Trinajstić information content (AvgIpc) is 2.43. The summed E-state index contributed by atoms with van der Waals surface area (Å²) in [6.07, 6.45) is 0.770. The highest BCUT2D eigenvalue weighted by atomic mass is 32.2. The van der Waals surface area contributed by atoms with Gasteiger partial charge >= 0.3 is 0 Å². The molecule has 0 fully saturated rings. The van der Waals surface area contributed by atoms with Gasteiger partial charge in [0.25, 0.3) is 5.56 Å². The van der Waals surface area contributed by atoms with E-state index >= 15 is 0 Å². The Morgan fingerprint density at radius 2 is 1.89 bits per heavy atom. The number of hydrogen-bond donors (Lipinski definition) is 1. The molecule has 19 heavy (non-hydrogen) atoms. The molecule has 1 N–H and O–H groups in total. The second-order valence-electron chi connectivity index (χ2n) is 4.30. The van der Waals surface area contributed by atoms with Crippen LogP contribution >= 0.6 is 11.8 Å². The van der Waals surface area contributed by atoms with Gasteiger partial charge in [0.2, 0.25) is 0 Å². The van der Waals surface area contributed by atoms with Crippen LogP contribution in [0.1, 0.15) is 25.1 Å². The van der Waals surface area contributed by atoms with Crippen LogP contribution in [-0.2, 0) is 6.42 Å². The van der Waals surface area contributed by atoms with Crippen molar-refractivity contribution in [3.05, 3.63) is 45.9 Å². The van der Waals surface area contributed by atoms with Gasteiger partial charge < -0.3 is 4.98 Å². The number of nitrogens with zero attached hydrogens (tertiary/aromatic N) is 1. The second-order valence-corrected chi connectivity index (χ2v) is 5.63. The number of nitrogens with one attached hydrogen (secondary N) is 1. The van der Waals surface area contributed by atoms with Crippen molar-refractivity contribution < 1.29 is 0 Å². The molecule has 1 aromatic carbocycles. The molecule has 0 aliphatic rings. The Balaban J connectivity index is 2.41. The SMILES string of the molecule is CCSc1ccc(-c2nc(CC)c(C)c(=O)[nH]2)cc1. The molecule has 0 atom stereocenters. The lowest BCUT2D eigenvalue weighted by Gasteiger charge is -2.06. The molecule has 1 heterocycles. The van der Waals surface area contributed by atoms with Crippen molar-refractivity contribution in [3.8, 4) is 11.4 Å². The van der Waals surface area contributed by atoms with E-state index in [2.05, 4.69) is 29.0 Å². The molecule has 0 spiro atoms. The van der Waals surface area contributed by atoms with Gasteiger partial charge in [0, 0.05) is 16.0 Å². The van der Waals surface area contributed by atoms with Gasteiger partial charge in [-0.25, -0.2) is 4.98 Å². The van der Waals surface area contributed by atoms with E-state index in [1.165, 1.54) is 4.90 Å². The summed E-state index contributed by atoms with van der Waals surface area (Å²) >= 11 is 1.80. The summed E-state index contributed by atoms with van der Waals surface area (Å²) in [5.74, 6) is 1.71. The summed E-state index contributed by atoms with van der Waals surface area (Å²) in [4.78, 5) is 20.5. The smallest absolute Gasteiger partial charge is 0.254 e. The first-order valence-electron chi connectivity index (χ1n) is 6.48. The molecule has 100 valence electrons. The average molecular weight is 274 g/mol. The molecule has 0 saturated carbocycles. The van der Waals surface area contributed by atoms with Gasteiger partial charge in [-0.1, -0.05) is 26.0 Å². The molecule has 2 rings (SSSR count). The molecule has 0 aliphatic heterocycles. The van der Waals surface area contributed by atoms with Crippen molar-refractivity contribution >= 4 is 11.8 Å². The molecular weight excluding hydrogens is 256 g/mol. The molecule has 0 radical (unpaired) electrons. The maximum absolute atomic E-state index is 11.9. The summed E-state index contributed by atoms with van der Waals surface area (Å²) in [7, 11) is 0. The zero-order chi connectivity index (χ0) is 13.8. The zero-order valence-electron chi connectivity index (χ0n) is 11.5. The van der Waals surface area contributed by atoms with Crippen LogP contribution in [0.3, 0.4) is 0 Å². The van der Waals surface area contributed by atoms with E-state index in [0.29, 0.717) is 11.4 Å². The van der Waals surface area contributed by atoms with Crippen molar-refractivity contribution in [3.63, 3.8) is 0 Å². The van der Waals surface area contributed by atoms with Gasteiger partial charge in [0.05, 0.1) is 5.69 Å². The minimum Gasteiger partial charge on any atom is -0.306 e. The molecule has 3 nitrogen and oxygen atoms in total. The van der Waals surface area contributed by atoms with Crippen LogP contribution in [-0.4, -0.2) is 15.7 Å². The molecule has 1 aromatic heterocycles. The van der Waals surface area contributed by atoms with Gasteiger partial charge in [-0.15, -0.1) is 11.8 Å². The number of aromatic amines is 1. The molecule has 0 saturated heterocycles. The second kappa shape index (κ2) is 6.06. The van der Waals surface area contributed by atoms with Gasteiger partial charge in [-0.3, -0.25) is 4.79 Å². The van der Waals surface area contributed by atoms with E-state index in [1.807, 2.05) is 26.0 Å². The lowest BCUT2D eigenvalue weighted by molar-refractivity contribution is 0.954. The third-order valence-corrected chi connectivity index (χ3v) is 3.92. The van der Waals surface area contributed by atoms with Crippen molar-refractivity contribution in [1.29, 1.82) is 0 Å². The summed E-state index contributed by atoms with van der Waals surface area (Å²) in [5, 5.41) is 0. The number of thioether (sulfide) groups is 1. The lowest BCUT2D eigenvalue weighted by atomic mass is 10.1. The van der Waals surface area contributed by atoms with Crippen molar-refractivity contribution in [2.24, 2.45) is 0 Å². The van der Waals surface area contributed by atoms with Crippen LogP contribution in [0.15, 0.2) is 34.0 Å². The molecule has 0 unspecified atom stereocenters. The quantitative estimate of drug-likeness (QED) is 0.869. The van der Waals surface area contributed by atoms with E-state index in [1.54, 1.807) is 11.8 Å². The van der Waals surface area contributed by atoms with E-state index in [4.69, 9.17) is 0 Å². The number of aryl methyl sites for hydroxylation is 1. The fourth-order valence-electron chi connectivity index (χ4n) is 1.94. The summed E-state index contributed by atoms with van der Waals surface area (Å²) in [6, 6.07) is 8.14. The summed E-state index contributed by atoms with van der Waals surface area (Å²) in [5.41, 5.74) is 2.48. The highest BCUT2D eigenvalue weighted by molar-refractivity contribution is 7.99. The fraction of sp³-hybridized carbons (Fsp3) is 0.333. The highest BCUT2D eigenvalue weighted by Gasteiger charge is 2.07. The largest absolute Gasteiger partial charge is 0.306 e. The van der Waals surface area contributed by atoms with Gasteiger partial charge in [-0.05, 0) is 31.2 Å². The highest BCUT2D eigenvalue weighted by Crippen LogP contribution is 2.21. The first-order valence-corrected chi connectivity index (χ1v) is 7.47. The molecule has 4 heteroatoms. The Kier molecular flexibility index (Phi) is 4.43. The molecule has 0 amide bonds. The Bertz CT molecular complexity index is 617. The predicted octanol–water partition coefficient (Wildman–Crippen LogP) is 3.42. The van der Waals surface area contributed by atoms with Crippen LogP contribution in [0.4, 0.5) is 0 Å². The van der Waals surface area contributed by atoms with E-state index in [9.17, 15) is 4.79 Å².